The molecule has 3 rings (SSSR count). The number of hydrogen-bond donors (Lipinski definition) is 0. The maximum absolute atomic E-state index is 10.6. The molecule has 1 aromatic heterocycles. The number of rotatable bonds is 5. The summed E-state index contributed by atoms with van der Waals surface area (Å²) in [5.74, 6) is 0.512. The fourth-order valence-electron chi connectivity index (χ4n) is 2.79. The highest BCUT2D eigenvalue weighted by atomic mass is 16.5. The van der Waals surface area contributed by atoms with Crippen LogP contribution in [-0.4, -0.2) is 11.3 Å². The summed E-state index contributed by atoms with van der Waals surface area (Å²) in [6.07, 6.45) is 2.28. The summed E-state index contributed by atoms with van der Waals surface area (Å²) < 4.78 is 5.72. The third kappa shape index (κ3) is 3.51. The van der Waals surface area contributed by atoms with Gasteiger partial charge in [0.05, 0.1) is 0 Å². The Bertz CT molecular complexity index is 834. The van der Waals surface area contributed by atoms with Crippen LogP contribution in [0.25, 0.3) is 11.1 Å². The third-order valence-corrected chi connectivity index (χ3v) is 3.98. The molecule has 3 heteroatoms. The number of aldehydes is 1. The Hall–Kier alpha value is -2.94. The number of pyridine rings is 1. The molecule has 0 atom stereocenters. The van der Waals surface area contributed by atoms with Crippen LogP contribution in [-0.2, 0) is 6.61 Å². The molecule has 0 aliphatic heterocycles. The van der Waals surface area contributed by atoms with E-state index < -0.39 is 0 Å². The summed E-state index contributed by atoms with van der Waals surface area (Å²) in [4.78, 5) is 14.8. The molecule has 0 saturated carbocycles. The van der Waals surface area contributed by atoms with E-state index in [0.29, 0.717) is 18.1 Å². The second kappa shape index (κ2) is 7.09. The van der Waals surface area contributed by atoms with E-state index in [2.05, 4.69) is 49.2 Å². The molecule has 24 heavy (non-hydrogen) atoms. The van der Waals surface area contributed by atoms with Gasteiger partial charge >= 0.3 is 0 Å². The number of benzene rings is 2. The van der Waals surface area contributed by atoms with Gasteiger partial charge in [-0.3, -0.25) is 4.79 Å². The Kier molecular flexibility index (Phi) is 4.71. The minimum atomic E-state index is 0.437. The molecule has 0 amide bonds. The van der Waals surface area contributed by atoms with Crippen LogP contribution in [0.15, 0.2) is 60.8 Å². The first kappa shape index (κ1) is 15.9. The van der Waals surface area contributed by atoms with E-state index in [-0.39, 0.29) is 0 Å². The average Bonchev–Trinajstić information content (AvgIpc) is 2.61. The number of hydrogen-bond acceptors (Lipinski definition) is 3. The Labute approximate surface area is 142 Å². The van der Waals surface area contributed by atoms with Gasteiger partial charge < -0.3 is 4.74 Å². The van der Waals surface area contributed by atoms with Crippen molar-refractivity contribution in [2.45, 2.75) is 20.5 Å². The molecule has 0 radical (unpaired) electrons. The van der Waals surface area contributed by atoms with Crippen LogP contribution >= 0.6 is 0 Å². The molecule has 0 N–H and O–H groups in total. The zero-order chi connectivity index (χ0) is 16.9. The van der Waals surface area contributed by atoms with Crippen LogP contribution in [0.3, 0.4) is 0 Å². The number of ether oxygens (including phenoxy) is 1. The lowest BCUT2D eigenvalue weighted by molar-refractivity contribution is 0.112. The van der Waals surface area contributed by atoms with Crippen molar-refractivity contribution in [2.24, 2.45) is 0 Å². The molecule has 0 spiro atoms. The molecule has 0 saturated heterocycles. The van der Waals surface area contributed by atoms with Gasteiger partial charge in [-0.25, -0.2) is 4.98 Å². The molecule has 0 aliphatic carbocycles. The first-order chi connectivity index (χ1) is 11.7. The van der Waals surface area contributed by atoms with Gasteiger partial charge in [-0.05, 0) is 53.8 Å². The lowest BCUT2D eigenvalue weighted by atomic mass is 9.95. The van der Waals surface area contributed by atoms with Crippen molar-refractivity contribution in [1.82, 2.24) is 4.98 Å². The van der Waals surface area contributed by atoms with E-state index in [9.17, 15) is 4.79 Å². The second-order valence-corrected chi connectivity index (χ2v) is 5.80. The Morgan fingerprint density at radius 3 is 2.42 bits per heavy atom. The number of carbonyl (C=O) groups is 1. The summed E-state index contributed by atoms with van der Waals surface area (Å²) in [5, 5.41) is 0. The van der Waals surface area contributed by atoms with Crippen molar-refractivity contribution in [3.8, 4) is 17.0 Å². The van der Waals surface area contributed by atoms with Crippen LogP contribution < -0.4 is 4.74 Å². The van der Waals surface area contributed by atoms with Crippen LogP contribution in [0.1, 0.15) is 27.0 Å². The molecule has 0 unspecified atom stereocenters. The molecule has 0 fully saturated rings. The van der Waals surface area contributed by atoms with E-state index in [1.54, 1.807) is 12.1 Å². The lowest BCUT2D eigenvalue weighted by Crippen LogP contribution is -1.98. The predicted octanol–water partition coefficient (Wildman–Crippen LogP) is 4.76. The normalized spacial score (nSPS) is 10.4. The van der Waals surface area contributed by atoms with Gasteiger partial charge in [-0.15, -0.1) is 0 Å². The first-order valence-electron chi connectivity index (χ1n) is 7.87. The van der Waals surface area contributed by atoms with E-state index in [0.717, 1.165) is 11.8 Å². The SMILES string of the molecule is Cc1cccc(C)c1-c1cccc(COc2ccc(C=O)cn2)c1. The van der Waals surface area contributed by atoms with Crippen molar-refractivity contribution in [3.05, 3.63) is 83.0 Å². The Balaban J connectivity index is 1.79. The molecule has 1 heterocycles. The van der Waals surface area contributed by atoms with Crippen molar-refractivity contribution < 1.29 is 9.53 Å². The van der Waals surface area contributed by atoms with Crippen LogP contribution in [0.5, 0.6) is 5.88 Å². The summed E-state index contributed by atoms with van der Waals surface area (Å²) in [6.45, 7) is 4.69. The predicted molar refractivity (Wildman–Crippen MR) is 95.3 cm³/mol. The number of aromatic nitrogens is 1. The van der Waals surface area contributed by atoms with Crippen molar-refractivity contribution in [2.75, 3.05) is 0 Å². The highest BCUT2D eigenvalue weighted by Gasteiger charge is 2.06. The molecule has 3 nitrogen and oxygen atoms in total. The fourth-order valence-corrected chi connectivity index (χ4v) is 2.79. The topological polar surface area (TPSA) is 39.2 Å². The minimum absolute atomic E-state index is 0.437. The van der Waals surface area contributed by atoms with Gasteiger partial charge in [0.25, 0.3) is 0 Å². The zero-order valence-corrected chi connectivity index (χ0v) is 13.8. The highest BCUT2D eigenvalue weighted by molar-refractivity contribution is 5.74. The van der Waals surface area contributed by atoms with E-state index in [4.69, 9.17) is 4.74 Å². The van der Waals surface area contributed by atoms with E-state index in [1.807, 2.05) is 12.1 Å². The van der Waals surface area contributed by atoms with Gasteiger partial charge in [-0.1, -0.05) is 36.4 Å². The summed E-state index contributed by atoms with van der Waals surface area (Å²) in [5.41, 5.74) is 6.61. The van der Waals surface area contributed by atoms with Crippen molar-refractivity contribution in [1.29, 1.82) is 0 Å². The highest BCUT2D eigenvalue weighted by Crippen LogP contribution is 2.27. The lowest BCUT2D eigenvalue weighted by Gasteiger charge is -2.12. The zero-order valence-electron chi connectivity index (χ0n) is 13.8. The van der Waals surface area contributed by atoms with Crippen molar-refractivity contribution >= 4 is 6.29 Å². The Morgan fingerprint density at radius 2 is 1.75 bits per heavy atom. The standard InChI is InChI=1S/C21H19NO2/c1-15-5-3-6-16(2)21(15)19-8-4-7-17(11-19)14-24-20-10-9-18(13-23)12-22-20/h3-13H,14H2,1-2H3. The van der Waals surface area contributed by atoms with Gasteiger partial charge in [0.1, 0.15) is 6.61 Å². The maximum Gasteiger partial charge on any atom is 0.213 e. The fraction of sp³-hybridized carbons (Fsp3) is 0.143. The first-order valence-corrected chi connectivity index (χ1v) is 7.87. The molecule has 0 bridgehead atoms. The Morgan fingerprint density at radius 1 is 1.00 bits per heavy atom. The molecule has 2 aromatic carbocycles. The maximum atomic E-state index is 10.6. The van der Waals surface area contributed by atoms with Gasteiger partial charge in [0, 0.05) is 17.8 Å². The summed E-state index contributed by atoms with van der Waals surface area (Å²) >= 11 is 0. The molecular formula is C21H19NO2. The largest absolute Gasteiger partial charge is 0.473 e. The van der Waals surface area contributed by atoms with Crippen LogP contribution in [0, 0.1) is 13.8 Å². The quantitative estimate of drug-likeness (QED) is 0.637. The molecule has 120 valence electrons. The van der Waals surface area contributed by atoms with E-state index >= 15 is 0 Å². The molecule has 3 aromatic rings. The smallest absolute Gasteiger partial charge is 0.213 e. The van der Waals surface area contributed by atoms with Crippen LogP contribution in [0.4, 0.5) is 0 Å². The van der Waals surface area contributed by atoms with Gasteiger partial charge in [0.2, 0.25) is 5.88 Å². The van der Waals surface area contributed by atoms with E-state index in [1.165, 1.54) is 28.5 Å². The summed E-state index contributed by atoms with van der Waals surface area (Å²) in [6, 6.07) is 18.1. The van der Waals surface area contributed by atoms with Gasteiger partial charge in [-0.2, -0.15) is 0 Å². The monoisotopic (exact) mass is 317 g/mol. The average molecular weight is 317 g/mol. The minimum Gasteiger partial charge on any atom is -0.473 e. The molecule has 0 aliphatic rings. The third-order valence-electron chi connectivity index (χ3n) is 3.98. The second-order valence-electron chi connectivity index (χ2n) is 5.80. The number of nitrogens with zero attached hydrogens (tertiary/aromatic N) is 1. The van der Waals surface area contributed by atoms with Crippen molar-refractivity contribution in [3.63, 3.8) is 0 Å². The number of carbonyl (C=O) groups excluding carboxylic acids is 1. The van der Waals surface area contributed by atoms with Gasteiger partial charge in [0.15, 0.2) is 6.29 Å². The summed E-state index contributed by atoms with van der Waals surface area (Å²) in [7, 11) is 0. The molecular weight excluding hydrogens is 298 g/mol. The van der Waals surface area contributed by atoms with Crippen LogP contribution in [0.2, 0.25) is 0 Å². The number of aryl methyl sites for hydroxylation is 2.